The third kappa shape index (κ3) is 10.5. The predicted octanol–water partition coefficient (Wildman–Crippen LogP) is 3.49. The van der Waals surface area contributed by atoms with Gasteiger partial charge in [0.25, 0.3) is 5.91 Å². The molecule has 2 aliphatic heterocycles. The molecule has 4 atom stereocenters. The van der Waals surface area contributed by atoms with E-state index in [1.807, 2.05) is 56.3 Å². The van der Waals surface area contributed by atoms with Gasteiger partial charge >= 0.3 is 0 Å². The molecule has 4 heterocycles. The van der Waals surface area contributed by atoms with Gasteiger partial charge in [0.2, 0.25) is 17.7 Å². The average molecular weight is 709 g/mol. The van der Waals surface area contributed by atoms with Crippen molar-refractivity contribution in [2.75, 3.05) is 6.61 Å². The number of fused-ring (bicyclic) bond motifs is 14. The number of carbonyl (C=O) groups excluding carboxylic acids is 4. The standard InChI is InChI=1S/C39H48N8O5/c1-24(2)18-30-23-52-31-15-13-28(14-16-31)20-32(43-37(49)29-12-9-17-40-21-29)38(50)44-33(19-27-10-7-6-8-11-27)39(51)45-35(25(3)4)36-41-26(5)46-47(36)22-34(48)42-30/h6-17,21,24-25,30,32-33,35H,18-20,22-23H2,1-5H3,(H,42,48)(H,43,49)(H,44,50)(H,45,51)/t30-,32+,33-,35-/m0/s1. The Balaban J connectivity index is 1.53. The number of aryl methyl sites for hydroxylation is 1. The number of rotatable bonds is 7. The molecular formula is C39H48N8O5. The van der Waals surface area contributed by atoms with Gasteiger partial charge in [-0.1, -0.05) is 70.2 Å². The van der Waals surface area contributed by atoms with E-state index in [1.165, 1.54) is 10.9 Å². The summed E-state index contributed by atoms with van der Waals surface area (Å²) < 4.78 is 7.65. The van der Waals surface area contributed by atoms with Crippen molar-refractivity contribution in [1.29, 1.82) is 0 Å². The Bertz CT molecular complexity index is 1810. The first-order valence-electron chi connectivity index (χ1n) is 17.7. The second-order valence-corrected chi connectivity index (χ2v) is 14.0. The van der Waals surface area contributed by atoms with E-state index < -0.39 is 35.8 Å². The Labute approximate surface area is 304 Å². The lowest BCUT2D eigenvalue weighted by atomic mass is 10.00. The first-order chi connectivity index (χ1) is 24.9. The molecule has 13 nitrogen and oxygen atoms in total. The maximum absolute atomic E-state index is 14.3. The lowest BCUT2D eigenvalue weighted by Gasteiger charge is -2.27. The monoisotopic (exact) mass is 708 g/mol. The summed E-state index contributed by atoms with van der Waals surface area (Å²) in [5.41, 5.74) is 1.89. The zero-order valence-electron chi connectivity index (χ0n) is 30.3. The van der Waals surface area contributed by atoms with Crippen molar-refractivity contribution in [2.24, 2.45) is 11.8 Å². The van der Waals surface area contributed by atoms with Crippen LogP contribution in [0.4, 0.5) is 0 Å². The lowest BCUT2D eigenvalue weighted by molar-refractivity contribution is -0.130. The van der Waals surface area contributed by atoms with Gasteiger partial charge in [0.05, 0.1) is 17.6 Å². The van der Waals surface area contributed by atoms with Gasteiger partial charge in [-0.15, -0.1) is 0 Å². The third-order valence-electron chi connectivity index (χ3n) is 8.74. The maximum atomic E-state index is 14.3. The van der Waals surface area contributed by atoms with E-state index in [0.717, 1.165) is 11.1 Å². The fourth-order valence-electron chi connectivity index (χ4n) is 6.18. The molecule has 4 amide bonds. The Morgan fingerprint density at radius 1 is 0.942 bits per heavy atom. The minimum atomic E-state index is -1.03. The molecule has 52 heavy (non-hydrogen) atoms. The average Bonchev–Trinajstić information content (AvgIpc) is 3.47. The van der Waals surface area contributed by atoms with Crippen LogP contribution in [0.5, 0.6) is 5.75 Å². The zero-order valence-corrected chi connectivity index (χ0v) is 30.3. The molecule has 0 spiro atoms. The van der Waals surface area contributed by atoms with Crippen LogP contribution >= 0.6 is 0 Å². The van der Waals surface area contributed by atoms with E-state index in [1.54, 1.807) is 37.4 Å². The molecule has 2 aromatic heterocycles. The molecule has 4 N–H and O–H groups in total. The number of benzene rings is 2. The maximum Gasteiger partial charge on any atom is 0.253 e. The first-order valence-corrected chi connectivity index (χ1v) is 17.7. The van der Waals surface area contributed by atoms with E-state index in [4.69, 9.17) is 4.74 Å². The van der Waals surface area contributed by atoms with Gasteiger partial charge in [-0.25, -0.2) is 9.67 Å². The smallest absolute Gasteiger partial charge is 0.253 e. The molecule has 0 aliphatic carbocycles. The van der Waals surface area contributed by atoms with Crippen LogP contribution in [0.1, 0.15) is 73.3 Å². The molecule has 2 aliphatic rings. The Kier molecular flexibility index (Phi) is 12.7. The van der Waals surface area contributed by atoms with Gasteiger partial charge < -0.3 is 26.0 Å². The van der Waals surface area contributed by atoms with E-state index in [2.05, 4.69) is 50.2 Å². The fraction of sp³-hybridized carbons (Fsp3) is 0.410. The minimum Gasteiger partial charge on any atom is -0.491 e. The Morgan fingerprint density at radius 3 is 2.37 bits per heavy atom. The Hall–Kier alpha value is -5.59. The second kappa shape index (κ2) is 17.6. The molecule has 2 bridgehead atoms. The highest BCUT2D eigenvalue weighted by Gasteiger charge is 2.32. The number of nitrogens with one attached hydrogen (secondary N) is 4. The van der Waals surface area contributed by atoms with Gasteiger partial charge in [0.1, 0.15) is 36.8 Å². The van der Waals surface area contributed by atoms with Gasteiger partial charge in [0, 0.05) is 25.2 Å². The van der Waals surface area contributed by atoms with Crippen molar-refractivity contribution in [3.05, 3.63) is 107 Å². The first kappa shape index (κ1) is 37.7. The molecule has 4 aromatic rings. The van der Waals surface area contributed by atoms with Crippen LogP contribution in [-0.4, -0.2) is 68.1 Å². The van der Waals surface area contributed by atoms with Crippen LogP contribution in [0.25, 0.3) is 0 Å². The number of nitrogens with zero attached hydrogens (tertiary/aromatic N) is 4. The Morgan fingerprint density at radius 2 is 1.69 bits per heavy atom. The molecule has 0 saturated carbocycles. The van der Waals surface area contributed by atoms with E-state index in [0.29, 0.717) is 35.3 Å². The normalized spacial score (nSPS) is 20.3. The topological polar surface area (TPSA) is 169 Å². The van der Waals surface area contributed by atoms with Crippen molar-refractivity contribution < 1.29 is 23.9 Å². The molecule has 274 valence electrons. The number of pyridine rings is 1. The van der Waals surface area contributed by atoms with E-state index in [-0.39, 0.29) is 43.9 Å². The fourth-order valence-corrected chi connectivity index (χ4v) is 6.18. The van der Waals surface area contributed by atoms with Crippen LogP contribution in [0.2, 0.25) is 0 Å². The largest absolute Gasteiger partial charge is 0.491 e. The number of aromatic nitrogens is 4. The summed E-state index contributed by atoms with van der Waals surface area (Å²) >= 11 is 0. The molecular weight excluding hydrogens is 660 g/mol. The van der Waals surface area contributed by atoms with Crippen LogP contribution in [-0.2, 0) is 33.8 Å². The molecule has 6 rings (SSSR count). The summed E-state index contributed by atoms with van der Waals surface area (Å²) in [6.07, 6.45) is 4.00. The van der Waals surface area contributed by atoms with Crippen molar-refractivity contribution in [3.63, 3.8) is 0 Å². The quantitative estimate of drug-likeness (QED) is 0.226. The van der Waals surface area contributed by atoms with Crippen molar-refractivity contribution in [1.82, 2.24) is 41.0 Å². The lowest BCUT2D eigenvalue weighted by Crippen LogP contribution is -2.55. The van der Waals surface area contributed by atoms with Gasteiger partial charge in [0.15, 0.2) is 5.82 Å². The minimum absolute atomic E-state index is 0.110. The highest BCUT2D eigenvalue weighted by atomic mass is 16.5. The zero-order chi connectivity index (χ0) is 37.2. The highest BCUT2D eigenvalue weighted by Crippen LogP contribution is 2.22. The molecule has 0 unspecified atom stereocenters. The van der Waals surface area contributed by atoms with Crippen molar-refractivity contribution in [3.8, 4) is 5.75 Å². The molecule has 0 fully saturated rings. The van der Waals surface area contributed by atoms with Crippen LogP contribution < -0.4 is 26.0 Å². The molecule has 13 heteroatoms. The molecule has 0 saturated heterocycles. The van der Waals surface area contributed by atoms with Crippen LogP contribution in [0.3, 0.4) is 0 Å². The molecule has 2 aromatic carbocycles. The van der Waals surface area contributed by atoms with Gasteiger partial charge in [-0.05, 0) is 60.6 Å². The number of amides is 4. The SMILES string of the molecule is Cc1nc2n(n1)CC(=O)N[C@@H](CC(C)C)COc1ccc(cc1)C[C@@H](NC(=O)c1cccnc1)C(=O)N[C@@H](Cc1ccccc1)C(=O)N[C@H]2C(C)C. The number of hydrogen-bond acceptors (Lipinski definition) is 8. The predicted molar refractivity (Wildman–Crippen MR) is 195 cm³/mol. The second-order valence-electron chi connectivity index (χ2n) is 14.0. The van der Waals surface area contributed by atoms with Crippen LogP contribution in [0.15, 0.2) is 79.1 Å². The summed E-state index contributed by atoms with van der Waals surface area (Å²) in [7, 11) is 0. The number of carbonyl (C=O) groups is 4. The van der Waals surface area contributed by atoms with Crippen molar-refractivity contribution >= 4 is 23.6 Å². The van der Waals surface area contributed by atoms with Gasteiger partial charge in [-0.2, -0.15) is 5.10 Å². The number of ether oxygens (including phenoxy) is 1. The summed E-state index contributed by atoms with van der Waals surface area (Å²) in [5.74, 6) is -0.103. The summed E-state index contributed by atoms with van der Waals surface area (Å²) in [4.78, 5) is 63.9. The summed E-state index contributed by atoms with van der Waals surface area (Å²) in [5, 5.41) is 16.5. The molecule has 0 radical (unpaired) electrons. The summed E-state index contributed by atoms with van der Waals surface area (Å²) in [6, 6.07) is 16.9. The van der Waals surface area contributed by atoms with Gasteiger partial charge in [-0.3, -0.25) is 24.2 Å². The van der Waals surface area contributed by atoms with Crippen molar-refractivity contribution in [2.45, 2.75) is 84.6 Å². The van der Waals surface area contributed by atoms with E-state index in [9.17, 15) is 19.2 Å². The van der Waals surface area contributed by atoms with E-state index >= 15 is 0 Å². The number of hydrogen-bond donors (Lipinski definition) is 4. The van der Waals surface area contributed by atoms with Crippen LogP contribution in [0, 0.1) is 18.8 Å². The summed E-state index contributed by atoms with van der Waals surface area (Å²) in [6.45, 7) is 9.90. The highest BCUT2D eigenvalue weighted by molar-refractivity contribution is 5.98. The third-order valence-corrected chi connectivity index (χ3v) is 8.74.